The molecule has 1 aliphatic rings. The van der Waals surface area contributed by atoms with Gasteiger partial charge in [0, 0.05) is 29.4 Å². The molecule has 0 aliphatic carbocycles. The number of morpholine rings is 1. The molecule has 32 heavy (non-hydrogen) atoms. The summed E-state index contributed by atoms with van der Waals surface area (Å²) in [6.45, 7) is 0.866. The summed E-state index contributed by atoms with van der Waals surface area (Å²) in [4.78, 5) is 24.8. The fraction of sp³-hybridized carbons (Fsp3) is 0.333. The van der Waals surface area contributed by atoms with Gasteiger partial charge in [0.15, 0.2) is 6.61 Å². The van der Waals surface area contributed by atoms with E-state index in [1.165, 1.54) is 52.5 Å². The van der Waals surface area contributed by atoms with E-state index in [4.69, 9.17) is 9.47 Å². The van der Waals surface area contributed by atoms with E-state index in [1.807, 2.05) is 0 Å². The Morgan fingerprint density at radius 2 is 1.72 bits per heavy atom. The molecule has 1 amide bonds. The molecule has 0 atom stereocenters. The highest BCUT2D eigenvalue weighted by atomic mass is 32.2. The van der Waals surface area contributed by atoms with E-state index < -0.39 is 28.5 Å². The van der Waals surface area contributed by atoms with Gasteiger partial charge < -0.3 is 14.8 Å². The summed E-state index contributed by atoms with van der Waals surface area (Å²) in [5.74, 6) is -0.950. The Balaban J connectivity index is 1.40. The predicted octanol–water partition coefficient (Wildman–Crippen LogP) is 2.51. The Kier molecular flexibility index (Phi) is 8.62. The van der Waals surface area contributed by atoms with Crippen LogP contribution in [0, 0.1) is 5.82 Å². The molecule has 172 valence electrons. The molecule has 1 saturated heterocycles. The summed E-state index contributed by atoms with van der Waals surface area (Å²) < 4.78 is 49.5. The van der Waals surface area contributed by atoms with Gasteiger partial charge in [-0.1, -0.05) is 0 Å². The van der Waals surface area contributed by atoms with Crippen molar-refractivity contribution in [2.45, 2.75) is 16.2 Å². The van der Waals surface area contributed by atoms with E-state index in [0.29, 0.717) is 37.7 Å². The Morgan fingerprint density at radius 3 is 2.38 bits per heavy atom. The number of esters is 1. The summed E-state index contributed by atoms with van der Waals surface area (Å²) in [5.41, 5.74) is 0.388. The van der Waals surface area contributed by atoms with Crippen molar-refractivity contribution >= 4 is 39.3 Å². The van der Waals surface area contributed by atoms with Gasteiger partial charge in [-0.2, -0.15) is 4.31 Å². The molecule has 0 bridgehead atoms. The van der Waals surface area contributed by atoms with Crippen molar-refractivity contribution < 1.29 is 31.9 Å². The van der Waals surface area contributed by atoms with Crippen LogP contribution in [0.3, 0.4) is 0 Å². The lowest BCUT2D eigenvalue weighted by Crippen LogP contribution is -2.40. The number of hydrogen-bond donors (Lipinski definition) is 1. The molecule has 2 aromatic rings. The average Bonchev–Trinajstić information content (AvgIpc) is 2.80. The number of thioether (sulfide) groups is 1. The molecule has 0 saturated carbocycles. The first-order valence-corrected chi connectivity index (χ1v) is 12.3. The molecule has 0 unspecified atom stereocenters. The Morgan fingerprint density at radius 1 is 1.06 bits per heavy atom. The zero-order valence-corrected chi connectivity index (χ0v) is 18.8. The minimum atomic E-state index is -3.61. The standard InChI is InChI=1S/C21H23FN2O6S2/c22-16-1-5-18(6-2-16)31-14-9-21(26)30-15-20(25)23-17-3-7-19(8-4-17)32(27,28)24-10-12-29-13-11-24/h1-8H,9-15H2,(H,23,25). The summed E-state index contributed by atoms with van der Waals surface area (Å²) in [6, 6.07) is 11.7. The van der Waals surface area contributed by atoms with Crippen molar-refractivity contribution in [1.82, 2.24) is 4.31 Å². The van der Waals surface area contributed by atoms with Gasteiger partial charge in [-0.15, -0.1) is 11.8 Å². The van der Waals surface area contributed by atoms with Crippen LogP contribution in [-0.4, -0.2) is 63.3 Å². The second-order valence-corrected chi connectivity index (χ2v) is 9.91. The first-order valence-electron chi connectivity index (χ1n) is 9.86. The van der Waals surface area contributed by atoms with Crippen molar-refractivity contribution in [3.8, 4) is 0 Å². The number of nitrogens with zero attached hydrogens (tertiary/aromatic N) is 1. The molecule has 2 aromatic carbocycles. The Hall–Kier alpha value is -2.47. The number of nitrogens with one attached hydrogen (secondary N) is 1. The zero-order chi connectivity index (χ0) is 23.0. The lowest BCUT2D eigenvalue weighted by Gasteiger charge is -2.26. The highest BCUT2D eigenvalue weighted by molar-refractivity contribution is 7.99. The minimum absolute atomic E-state index is 0.101. The van der Waals surface area contributed by atoms with Crippen LogP contribution in [0.15, 0.2) is 58.3 Å². The van der Waals surface area contributed by atoms with E-state index in [2.05, 4.69) is 5.32 Å². The van der Waals surface area contributed by atoms with Crippen LogP contribution in [-0.2, 0) is 29.1 Å². The third kappa shape index (κ3) is 7.02. The van der Waals surface area contributed by atoms with E-state index in [-0.39, 0.29) is 17.1 Å². The predicted molar refractivity (Wildman–Crippen MR) is 117 cm³/mol. The SMILES string of the molecule is O=C(COC(=O)CCSc1ccc(F)cc1)Nc1ccc(S(=O)(=O)N2CCOCC2)cc1. The highest BCUT2D eigenvalue weighted by Crippen LogP contribution is 2.20. The maximum atomic E-state index is 12.9. The number of hydrogen-bond acceptors (Lipinski definition) is 7. The number of ether oxygens (including phenoxy) is 2. The molecule has 1 aliphatic heterocycles. The Labute approximate surface area is 190 Å². The van der Waals surface area contributed by atoms with Gasteiger partial charge in [-0.05, 0) is 48.5 Å². The summed E-state index contributed by atoms with van der Waals surface area (Å²) in [5, 5.41) is 2.56. The first-order chi connectivity index (χ1) is 15.3. The van der Waals surface area contributed by atoms with E-state index in [0.717, 1.165) is 4.90 Å². The molecule has 1 heterocycles. The maximum absolute atomic E-state index is 12.9. The van der Waals surface area contributed by atoms with Crippen molar-refractivity contribution in [3.63, 3.8) is 0 Å². The van der Waals surface area contributed by atoms with Crippen LogP contribution >= 0.6 is 11.8 Å². The summed E-state index contributed by atoms with van der Waals surface area (Å²) in [6.07, 6.45) is 0.101. The van der Waals surface area contributed by atoms with Gasteiger partial charge in [0.05, 0.1) is 24.5 Å². The van der Waals surface area contributed by atoms with Gasteiger partial charge in [0.2, 0.25) is 10.0 Å². The normalized spacial score (nSPS) is 14.7. The lowest BCUT2D eigenvalue weighted by molar-refractivity contribution is -0.146. The largest absolute Gasteiger partial charge is 0.456 e. The summed E-state index contributed by atoms with van der Waals surface area (Å²) in [7, 11) is -3.61. The van der Waals surface area contributed by atoms with Crippen molar-refractivity contribution in [2.75, 3.05) is 44.0 Å². The molecule has 1 N–H and O–H groups in total. The van der Waals surface area contributed by atoms with E-state index in [9.17, 15) is 22.4 Å². The number of anilines is 1. The lowest BCUT2D eigenvalue weighted by atomic mass is 10.3. The van der Waals surface area contributed by atoms with Crippen molar-refractivity contribution in [3.05, 3.63) is 54.3 Å². The van der Waals surface area contributed by atoms with Crippen LogP contribution in [0.2, 0.25) is 0 Å². The van der Waals surface area contributed by atoms with Crippen molar-refractivity contribution in [2.24, 2.45) is 0 Å². The molecule has 0 aromatic heterocycles. The van der Waals surface area contributed by atoms with Crippen LogP contribution in [0.5, 0.6) is 0 Å². The van der Waals surface area contributed by atoms with Gasteiger partial charge in [0.1, 0.15) is 5.82 Å². The zero-order valence-electron chi connectivity index (χ0n) is 17.2. The number of halogens is 1. The third-order valence-electron chi connectivity index (χ3n) is 4.50. The number of rotatable bonds is 9. The number of amides is 1. The van der Waals surface area contributed by atoms with Crippen LogP contribution < -0.4 is 5.32 Å². The van der Waals surface area contributed by atoms with Crippen LogP contribution in [0.4, 0.5) is 10.1 Å². The highest BCUT2D eigenvalue weighted by Gasteiger charge is 2.26. The smallest absolute Gasteiger partial charge is 0.307 e. The molecule has 8 nitrogen and oxygen atoms in total. The molecular formula is C21H23FN2O6S2. The molecular weight excluding hydrogens is 459 g/mol. The van der Waals surface area contributed by atoms with Gasteiger partial charge in [-0.3, -0.25) is 9.59 Å². The molecule has 1 fully saturated rings. The second kappa shape index (κ2) is 11.4. The van der Waals surface area contributed by atoms with Gasteiger partial charge in [-0.25, -0.2) is 12.8 Å². The van der Waals surface area contributed by atoms with Crippen LogP contribution in [0.25, 0.3) is 0 Å². The van der Waals surface area contributed by atoms with Gasteiger partial charge in [0.25, 0.3) is 5.91 Å². The fourth-order valence-electron chi connectivity index (χ4n) is 2.84. The topological polar surface area (TPSA) is 102 Å². The monoisotopic (exact) mass is 482 g/mol. The molecule has 0 spiro atoms. The maximum Gasteiger partial charge on any atom is 0.307 e. The fourth-order valence-corrected chi connectivity index (χ4v) is 5.09. The number of carbonyl (C=O) groups excluding carboxylic acids is 2. The average molecular weight is 483 g/mol. The second-order valence-electron chi connectivity index (χ2n) is 6.80. The summed E-state index contributed by atoms with van der Waals surface area (Å²) >= 11 is 1.38. The van der Waals surface area contributed by atoms with E-state index in [1.54, 1.807) is 12.1 Å². The number of sulfonamides is 1. The number of carbonyl (C=O) groups is 2. The van der Waals surface area contributed by atoms with Crippen molar-refractivity contribution in [1.29, 1.82) is 0 Å². The molecule has 0 radical (unpaired) electrons. The van der Waals surface area contributed by atoms with Crippen LogP contribution in [0.1, 0.15) is 6.42 Å². The minimum Gasteiger partial charge on any atom is -0.456 e. The molecule has 3 rings (SSSR count). The quantitative estimate of drug-likeness (QED) is 0.433. The number of benzene rings is 2. The third-order valence-corrected chi connectivity index (χ3v) is 7.43. The van der Waals surface area contributed by atoms with Gasteiger partial charge >= 0.3 is 5.97 Å². The Bertz CT molecular complexity index is 1020. The first kappa shape index (κ1) is 24.2. The molecule has 11 heteroatoms. The van der Waals surface area contributed by atoms with E-state index >= 15 is 0 Å².